The summed E-state index contributed by atoms with van der Waals surface area (Å²) in [5.74, 6) is -0.853. The predicted molar refractivity (Wildman–Crippen MR) is 105 cm³/mol. The molecule has 2 aromatic heterocycles. The minimum absolute atomic E-state index is 0.133. The van der Waals surface area contributed by atoms with E-state index in [1.807, 2.05) is 27.8 Å². The summed E-state index contributed by atoms with van der Waals surface area (Å²) in [6.07, 6.45) is 3.68. The quantitative estimate of drug-likeness (QED) is 0.711. The standard InChI is InChI=1S/C21H25N5O2/c1-21(2,3)19-15(12-26(24-19)10-14-7-5-4-6-8-14)11-25-13-17-16(9-22-23-17)18(25)20(27)28/h4-9,12,18H,10-11,13H2,1-3H3,(H,22,23)(H,27,28). The highest BCUT2D eigenvalue weighted by atomic mass is 16.4. The van der Waals surface area contributed by atoms with E-state index in [1.165, 1.54) is 5.56 Å². The molecule has 4 rings (SSSR count). The summed E-state index contributed by atoms with van der Waals surface area (Å²) in [6.45, 7) is 8.17. The lowest BCUT2D eigenvalue weighted by atomic mass is 9.89. The van der Waals surface area contributed by atoms with Gasteiger partial charge in [-0.2, -0.15) is 10.2 Å². The highest BCUT2D eigenvalue weighted by Crippen LogP contribution is 2.35. The van der Waals surface area contributed by atoms with Crippen molar-refractivity contribution in [3.8, 4) is 0 Å². The number of carboxylic acid groups (broad SMARTS) is 1. The number of nitrogens with one attached hydrogen (secondary N) is 1. The maximum absolute atomic E-state index is 11.9. The second-order valence-electron chi connectivity index (χ2n) is 8.39. The van der Waals surface area contributed by atoms with E-state index in [0.29, 0.717) is 19.6 Å². The Morgan fingerprint density at radius 3 is 2.68 bits per heavy atom. The first kappa shape index (κ1) is 18.4. The van der Waals surface area contributed by atoms with E-state index in [1.54, 1.807) is 6.20 Å². The molecule has 3 heterocycles. The Morgan fingerprint density at radius 2 is 2.00 bits per heavy atom. The Balaban J connectivity index is 1.63. The first-order valence-electron chi connectivity index (χ1n) is 9.42. The number of carbonyl (C=O) groups is 1. The number of fused-ring (bicyclic) bond motifs is 1. The third-order valence-corrected chi connectivity index (χ3v) is 5.12. The normalized spacial score (nSPS) is 17.0. The number of nitrogens with zero attached hydrogens (tertiary/aromatic N) is 4. The zero-order valence-corrected chi connectivity index (χ0v) is 16.4. The molecule has 7 heteroatoms. The molecule has 3 aromatic rings. The number of hydrogen-bond donors (Lipinski definition) is 2. The molecular formula is C21H25N5O2. The van der Waals surface area contributed by atoms with Gasteiger partial charge in [-0.15, -0.1) is 0 Å². The highest BCUT2D eigenvalue weighted by Gasteiger charge is 2.38. The van der Waals surface area contributed by atoms with Gasteiger partial charge in [0.25, 0.3) is 0 Å². The molecule has 1 aliphatic heterocycles. The van der Waals surface area contributed by atoms with Crippen LogP contribution >= 0.6 is 0 Å². The maximum Gasteiger partial charge on any atom is 0.325 e. The summed E-state index contributed by atoms with van der Waals surface area (Å²) in [5.41, 5.74) is 4.74. The van der Waals surface area contributed by atoms with Gasteiger partial charge in [0.2, 0.25) is 0 Å². The zero-order valence-electron chi connectivity index (χ0n) is 16.4. The lowest BCUT2D eigenvalue weighted by molar-refractivity contribution is -0.143. The van der Waals surface area contributed by atoms with Crippen LogP contribution in [0.15, 0.2) is 42.7 Å². The number of H-pyrrole nitrogens is 1. The van der Waals surface area contributed by atoms with Crippen molar-refractivity contribution in [2.24, 2.45) is 0 Å². The van der Waals surface area contributed by atoms with Gasteiger partial charge < -0.3 is 5.11 Å². The van der Waals surface area contributed by atoms with Crippen molar-refractivity contribution in [2.45, 2.75) is 51.9 Å². The van der Waals surface area contributed by atoms with Crippen molar-refractivity contribution >= 4 is 5.97 Å². The van der Waals surface area contributed by atoms with E-state index >= 15 is 0 Å². The first-order chi connectivity index (χ1) is 13.3. The molecule has 0 saturated heterocycles. The van der Waals surface area contributed by atoms with Crippen LogP contribution in [0.1, 0.15) is 54.9 Å². The van der Waals surface area contributed by atoms with Gasteiger partial charge in [-0.3, -0.25) is 19.5 Å². The summed E-state index contributed by atoms with van der Waals surface area (Å²) in [4.78, 5) is 13.8. The van der Waals surface area contributed by atoms with Gasteiger partial charge in [0.05, 0.1) is 24.1 Å². The van der Waals surface area contributed by atoms with Crippen LogP contribution in [0.25, 0.3) is 0 Å². The summed E-state index contributed by atoms with van der Waals surface area (Å²) in [7, 11) is 0. The van der Waals surface area contributed by atoms with E-state index in [-0.39, 0.29) is 5.41 Å². The number of aromatic amines is 1. The average Bonchev–Trinajstić information content (AvgIpc) is 3.29. The van der Waals surface area contributed by atoms with Crippen molar-refractivity contribution in [1.29, 1.82) is 0 Å². The van der Waals surface area contributed by atoms with E-state index in [0.717, 1.165) is 22.5 Å². The molecule has 28 heavy (non-hydrogen) atoms. The van der Waals surface area contributed by atoms with Crippen LogP contribution in [0.2, 0.25) is 0 Å². The van der Waals surface area contributed by atoms with E-state index in [2.05, 4.69) is 49.3 Å². The van der Waals surface area contributed by atoms with Gasteiger partial charge in [-0.25, -0.2) is 0 Å². The second kappa shape index (κ2) is 6.91. The van der Waals surface area contributed by atoms with Gasteiger partial charge in [-0.1, -0.05) is 51.1 Å². The molecule has 0 aliphatic carbocycles. The van der Waals surface area contributed by atoms with Crippen molar-refractivity contribution in [1.82, 2.24) is 24.9 Å². The van der Waals surface area contributed by atoms with Crippen molar-refractivity contribution in [3.63, 3.8) is 0 Å². The number of aliphatic carboxylic acids is 1. The van der Waals surface area contributed by atoms with Crippen LogP contribution in [-0.2, 0) is 29.8 Å². The highest BCUT2D eigenvalue weighted by molar-refractivity contribution is 5.76. The first-order valence-corrected chi connectivity index (χ1v) is 9.42. The summed E-state index contributed by atoms with van der Waals surface area (Å²) >= 11 is 0. The summed E-state index contributed by atoms with van der Waals surface area (Å²) in [6, 6.07) is 9.53. The molecule has 2 N–H and O–H groups in total. The number of carboxylic acids is 1. The van der Waals surface area contributed by atoms with Crippen molar-refractivity contribution in [2.75, 3.05) is 0 Å². The van der Waals surface area contributed by atoms with Gasteiger partial charge >= 0.3 is 5.97 Å². The fourth-order valence-corrected chi connectivity index (χ4v) is 3.89. The fourth-order valence-electron chi connectivity index (χ4n) is 3.89. The van der Waals surface area contributed by atoms with Crippen LogP contribution in [0, 0.1) is 0 Å². The van der Waals surface area contributed by atoms with E-state index < -0.39 is 12.0 Å². The largest absolute Gasteiger partial charge is 0.480 e. The minimum atomic E-state index is -0.853. The molecule has 0 amide bonds. The third-order valence-electron chi connectivity index (χ3n) is 5.12. The molecule has 0 saturated carbocycles. The molecule has 1 atom stereocenters. The molecule has 146 valence electrons. The van der Waals surface area contributed by atoms with Crippen molar-refractivity contribution in [3.05, 3.63) is 70.8 Å². The third kappa shape index (κ3) is 3.45. The average molecular weight is 379 g/mol. The molecule has 0 fully saturated rings. The second-order valence-corrected chi connectivity index (χ2v) is 8.39. The van der Waals surface area contributed by atoms with Crippen LogP contribution < -0.4 is 0 Å². The van der Waals surface area contributed by atoms with Gasteiger partial charge in [0.1, 0.15) is 6.04 Å². The van der Waals surface area contributed by atoms with Crippen LogP contribution in [-0.4, -0.2) is 36.0 Å². The van der Waals surface area contributed by atoms with Gasteiger partial charge in [0.15, 0.2) is 0 Å². The lowest BCUT2D eigenvalue weighted by Crippen LogP contribution is -2.29. The summed E-state index contributed by atoms with van der Waals surface area (Å²) in [5, 5.41) is 21.5. The Kier molecular flexibility index (Phi) is 4.55. The SMILES string of the molecule is CC(C)(C)c1nn(Cc2ccccc2)cc1CN1Cc2[nH]ncc2C1C(=O)O. The molecule has 1 aliphatic rings. The van der Waals surface area contributed by atoms with Crippen LogP contribution in [0.3, 0.4) is 0 Å². The van der Waals surface area contributed by atoms with Crippen LogP contribution in [0.4, 0.5) is 0 Å². The zero-order chi connectivity index (χ0) is 19.9. The molecule has 0 radical (unpaired) electrons. The molecule has 0 bridgehead atoms. The smallest absolute Gasteiger partial charge is 0.325 e. The van der Waals surface area contributed by atoms with Crippen LogP contribution in [0.5, 0.6) is 0 Å². The molecule has 1 unspecified atom stereocenters. The Hall–Kier alpha value is -2.93. The van der Waals surface area contributed by atoms with E-state index in [4.69, 9.17) is 5.10 Å². The predicted octanol–water partition coefficient (Wildman–Crippen LogP) is 3.09. The van der Waals surface area contributed by atoms with Gasteiger partial charge in [-0.05, 0) is 5.56 Å². The Bertz CT molecular complexity index is 984. The number of hydrogen-bond acceptors (Lipinski definition) is 4. The molecule has 7 nitrogen and oxygen atoms in total. The maximum atomic E-state index is 11.9. The number of aromatic nitrogens is 4. The minimum Gasteiger partial charge on any atom is -0.480 e. The molecular weight excluding hydrogens is 354 g/mol. The number of benzene rings is 1. The summed E-state index contributed by atoms with van der Waals surface area (Å²) < 4.78 is 1.96. The Labute approximate surface area is 164 Å². The molecule has 0 spiro atoms. The topological polar surface area (TPSA) is 87.0 Å². The fraction of sp³-hybridized carbons (Fsp3) is 0.381. The van der Waals surface area contributed by atoms with Crippen molar-refractivity contribution < 1.29 is 9.90 Å². The Morgan fingerprint density at radius 1 is 1.25 bits per heavy atom. The molecule has 1 aromatic carbocycles. The monoisotopic (exact) mass is 379 g/mol. The van der Waals surface area contributed by atoms with Gasteiger partial charge in [0, 0.05) is 35.8 Å². The number of rotatable bonds is 5. The lowest BCUT2D eigenvalue weighted by Gasteiger charge is -2.23. The van der Waals surface area contributed by atoms with E-state index in [9.17, 15) is 9.90 Å².